The molecule has 1 fully saturated rings. The average Bonchev–Trinajstić information content (AvgIpc) is 3.13. The number of halogens is 2. The summed E-state index contributed by atoms with van der Waals surface area (Å²) in [5.41, 5.74) is 6.84. The van der Waals surface area contributed by atoms with Crippen molar-refractivity contribution in [1.82, 2.24) is 0 Å². The topological polar surface area (TPSA) is 35.2 Å². The van der Waals surface area contributed by atoms with Crippen molar-refractivity contribution in [2.45, 2.75) is 38.3 Å². The van der Waals surface area contributed by atoms with Gasteiger partial charge in [-0.15, -0.1) is 0 Å². The van der Waals surface area contributed by atoms with Gasteiger partial charge in [0.1, 0.15) is 5.82 Å². The number of hydrogen-bond donors (Lipinski definition) is 1. The standard InChI is InChI=1S/C14H19BrFNO/c1-2-18-14(9-3-4-9)13(17)7-10-5-6-11(15)8-12(10)16/h5-6,8-9,13-14H,2-4,7,17H2,1H3. The summed E-state index contributed by atoms with van der Waals surface area (Å²) < 4.78 is 20.2. The monoisotopic (exact) mass is 315 g/mol. The Bertz CT molecular complexity index is 409. The van der Waals surface area contributed by atoms with Crippen LogP contribution in [0.4, 0.5) is 4.39 Å². The summed E-state index contributed by atoms with van der Waals surface area (Å²) in [4.78, 5) is 0. The molecular formula is C14H19BrFNO. The van der Waals surface area contributed by atoms with Crippen LogP contribution < -0.4 is 5.73 Å². The van der Waals surface area contributed by atoms with Crippen LogP contribution in [0, 0.1) is 11.7 Å². The fourth-order valence-corrected chi connectivity index (χ4v) is 2.62. The van der Waals surface area contributed by atoms with Crippen LogP contribution in [0.15, 0.2) is 22.7 Å². The molecule has 0 spiro atoms. The lowest BCUT2D eigenvalue weighted by molar-refractivity contribution is 0.0286. The molecule has 0 heterocycles. The molecule has 100 valence electrons. The SMILES string of the molecule is CCOC(C(N)Cc1ccc(Br)cc1F)C1CC1. The molecule has 0 saturated heterocycles. The van der Waals surface area contributed by atoms with Crippen molar-refractivity contribution in [3.8, 4) is 0 Å². The van der Waals surface area contributed by atoms with Crippen LogP contribution in [0.2, 0.25) is 0 Å². The van der Waals surface area contributed by atoms with E-state index < -0.39 is 0 Å². The van der Waals surface area contributed by atoms with E-state index in [1.54, 1.807) is 6.07 Å². The molecule has 2 atom stereocenters. The Balaban J connectivity index is 2.02. The van der Waals surface area contributed by atoms with E-state index in [2.05, 4.69) is 15.9 Å². The van der Waals surface area contributed by atoms with Gasteiger partial charge in [0.2, 0.25) is 0 Å². The summed E-state index contributed by atoms with van der Waals surface area (Å²) in [6.45, 7) is 2.64. The molecule has 2 nitrogen and oxygen atoms in total. The highest BCUT2D eigenvalue weighted by Crippen LogP contribution is 2.36. The van der Waals surface area contributed by atoms with E-state index in [0.717, 1.165) is 4.47 Å². The molecule has 0 amide bonds. The second kappa shape index (κ2) is 6.13. The number of nitrogens with two attached hydrogens (primary N) is 1. The molecular weight excluding hydrogens is 297 g/mol. The lowest BCUT2D eigenvalue weighted by Gasteiger charge is -2.24. The van der Waals surface area contributed by atoms with Crippen molar-refractivity contribution in [2.24, 2.45) is 11.7 Å². The van der Waals surface area contributed by atoms with Gasteiger partial charge in [-0.2, -0.15) is 0 Å². The first-order valence-corrected chi connectivity index (χ1v) is 7.22. The average molecular weight is 316 g/mol. The van der Waals surface area contributed by atoms with Crippen LogP contribution in [0.3, 0.4) is 0 Å². The van der Waals surface area contributed by atoms with Crippen molar-refractivity contribution in [3.63, 3.8) is 0 Å². The summed E-state index contributed by atoms with van der Waals surface area (Å²) in [5.74, 6) is 0.365. The third kappa shape index (κ3) is 3.53. The van der Waals surface area contributed by atoms with Crippen molar-refractivity contribution in [1.29, 1.82) is 0 Å². The molecule has 1 aliphatic carbocycles. The quantitative estimate of drug-likeness (QED) is 0.874. The molecule has 18 heavy (non-hydrogen) atoms. The second-order valence-electron chi connectivity index (χ2n) is 4.86. The molecule has 4 heteroatoms. The Morgan fingerprint density at radius 1 is 1.50 bits per heavy atom. The third-order valence-corrected chi connectivity index (χ3v) is 3.83. The van der Waals surface area contributed by atoms with Crippen LogP contribution in [-0.4, -0.2) is 18.8 Å². The number of rotatable bonds is 6. The van der Waals surface area contributed by atoms with E-state index in [1.165, 1.54) is 18.9 Å². The number of benzene rings is 1. The predicted molar refractivity (Wildman–Crippen MR) is 73.9 cm³/mol. The van der Waals surface area contributed by atoms with E-state index in [-0.39, 0.29) is 18.0 Å². The minimum Gasteiger partial charge on any atom is -0.377 e. The van der Waals surface area contributed by atoms with E-state index in [4.69, 9.17) is 10.5 Å². The van der Waals surface area contributed by atoms with Gasteiger partial charge < -0.3 is 10.5 Å². The normalized spacial score (nSPS) is 18.7. The van der Waals surface area contributed by atoms with Gasteiger partial charge in [0, 0.05) is 17.1 Å². The lowest BCUT2D eigenvalue weighted by atomic mass is 9.98. The Hall–Kier alpha value is -0.450. The van der Waals surface area contributed by atoms with E-state index in [0.29, 0.717) is 24.5 Å². The zero-order valence-electron chi connectivity index (χ0n) is 10.5. The van der Waals surface area contributed by atoms with Gasteiger partial charge in [0.15, 0.2) is 0 Å². The second-order valence-corrected chi connectivity index (χ2v) is 5.78. The highest BCUT2D eigenvalue weighted by Gasteiger charge is 2.35. The minimum absolute atomic E-state index is 0.0676. The Labute approximate surface area is 116 Å². The number of ether oxygens (including phenoxy) is 1. The van der Waals surface area contributed by atoms with Gasteiger partial charge in [-0.25, -0.2) is 4.39 Å². The van der Waals surface area contributed by atoms with Crippen LogP contribution in [-0.2, 0) is 11.2 Å². The van der Waals surface area contributed by atoms with Gasteiger partial charge in [-0.3, -0.25) is 0 Å². The van der Waals surface area contributed by atoms with Crippen molar-refractivity contribution >= 4 is 15.9 Å². The van der Waals surface area contributed by atoms with Gasteiger partial charge in [-0.1, -0.05) is 22.0 Å². The Morgan fingerprint density at radius 3 is 2.78 bits per heavy atom. The molecule has 2 N–H and O–H groups in total. The van der Waals surface area contributed by atoms with E-state index in [1.807, 2.05) is 13.0 Å². The van der Waals surface area contributed by atoms with Crippen LogP contribution in [0.5, 0.6) is 0 Å². The fourth-order valence-electron chi connectivity index (χ4n) is 2.28. The van der Waals surface area contributed by atoms with Gasteiger partial charge in [0.25, 0.3) is 0 Å². The fraction of sp³-hybridized carbons (Fsp3) is 0.571. The van der Waals surface area contributed by atoms with Gasteiger partial charge >= 0.3 is 0 Å². The largest absolute Gasteiger partial charge is 0.377 e. The maximum Gasteiger partial charge on any atom is 0.127 e. The molecule has 0 aromatic heterocycles. The van der Waals surface area contributed by atoms with E-state index in [9.17, 15) is 4.39 Å². The number of hydrogen-bond acceptors (Lipinski definition) is 2. The molecule has 1 aromatic rings. The highest BCUT2D eigenvalue weighted by molar-refractivity contribution is 9.10. The zero-order chi connectivity index (χ0) is 13.1. The molecule has 1 aromatic carbocycles. The molecule has 1 saturated carbocycles. The first-order valence-electron chi connectivity index (χ1n) is 6.43. The van der Waals surface area contributed by atoms with Crippen LogP contribution in [0.1, 0.15) is 25.3 Å². The van der Waals surface area contributed by atoms with Gasteiger partial charge in [-0.05, 0) is 49.8 Å². The minimum atomic E-state index is -0.203. The summed E-state index contributed by atoms with van der Waals surface area (Å²) in [5, 5.41) is 0. The van der Waals surface area contributed by atoms with Gasteiger partial charge in [0.05, 0.1) is 6.10 Å². The highest BCUT2D eigenvalue weighted by atomic mass is 79.9. The zero-order valence-corrected chi connectivity index (χ0v) is 12.1. The molecule has 2 unspecified atom stereocenters. The predicted octanol–water partition coefficient (Wildman–Crippen LogP) is 3.27. The first kappa shape index (κ1) is 14.0. The van der Waals surface area contributed by atoms with Crippen molar-refractivity contribution in [3.05, 3.63) is 34.1 Å². The van der Waals surface area contributed by atoms with Crippen LogP contribution in [0.25, 0.3) is 0 Å². The Morgan fingerprint density at radius 2 is 2.22 bits per heavy atom. The Kier molecular flexibility index (Phi) is 4.76. The summed E-state index contributed by atoms with van der Waals surface area (Å²) in [7, 11) is 0. The smallest absolute Gasteiger partial charge is 0.127 e. The molecule has 0 aliphatic heterocycles. The third-order valence-electron chi connectivity index (χ3n) is 3.34. The molecule has 2 rings (SSSR count). The van der Waals surface area contributed by atoms with E-state index >= 15 is 0 Å². The van der Waals surface area contributed by atoms with Crippen molar-refractivity contribution in [2.75, 3.05) is 6.61 Å². The summed E-state index contributed by atoms with van der Waals surface area (Å²) in [6, 6.07) is 4.98. The molecule has 0 radical (unpaired) electrons. The summed E-state index contributed by atoms with van der Waals surface area (Å²) >= 11 is 3.25. The molecule has 0 bridgehead atoms. The maximum atomic E-state index is 13.8. The first-order chi connectivity index (χ1) is 8.61. The summed E-state index contributed by atoms with van der Waals surface area (Å²) in [6.07, 6.45) is 2.96. The van der Waals surface area contributed by atoms with Crippen molar-refractivity contribution < 1.29 is 9.13 Å². The maximum absolute atomic E-state index is 13.8. The lowest BCUT2D eigenvalue weighted by Crippen LogP contribution is -2.40. The molecule has 1 aliphatic rings. The van der Waals surface area contributed by atoms with Crippen LogP contribution >= 0.6 is 15.9 Å².